The summed E-state index contributed by atoms with van der Waals surface area (Å²) in [6.45, 7) is 7.09. The quantitative estimate of drug-likeness (QED) is 0.803. The molecule has 0 bridgehead atoms. The highest BCUT2D eigenvalue weighted by Gasteiger charge is 2.26. The second-order valence-corrected chi connectivity index (χ2v) is 6.12. The van der Waals surface area contributed by atoms with E-state index in [-0.39, 0.29) is 24.3 Å². The van der Waals surface area contributed by atoms with Gasteiger partial charge in [-0.2, -0.15) is 0 Å². The molecule has 2 amide bonds. The van der Waals surface area contributed by atoms with Gasteiger partial charge in [0.2, 0.25) is 5.91 Å². The molecule has 1 aromatic rings. The van der Waals surface area contributed by atoms with Crippen LogP contribution in [0.1, 0.15) is 42.4 Å². The summed E-state index contributed by atoms with van der Waals surface area (Å²) >= 11 is 0. The highest BCUT2D eigenvalue weighted by molar-refractivity contribution is 5.93. The molecule has 1 fully saturated rings. The molecule has 1 aliphatic heterocycles. The number of hydrogen-bond donors (Lipinski definition) is 1. The fraction of sp³-hybridized carbons (Fsp3) is 0.588. The van der Waals surface area contributed by atoms with Crippen molar-refractivity contribution >= 4 is 11.8 Å². The summed E-state index contributed by atoms with van der Waals surface area (Å²) in [6.07, 6.45) is 7.26. The molecule has 7 nitrogen and oxygen atoms in total. The summed E-state index contributed by atoms with van der Waals surface area (Å²) in [7, 11) is 0. The van der Waals surface area contributed by atoms with Crippen LogP contribution >= 0.6 is 0 Å². The summed E-state index contributed by atoms with van der Waals surface area (Å²) in [5.41, 5.74) is 0.394. The third kappa shape index (κ3) is 4.59. The molecule has 2 heterocycles. The molecule has 0 radical (unpaired) electrons. The van der Waals surface area contributed by atoms with E-state index in [1.165, 1.54) is 6.39 Å². The van der Waals surface area contributed by atoms with E-state index in [1.54, 1.807) is 4.90 Å². The molecule has 1 saturated heterocycles. The number of carbonyl (C=O) groups is 2. The van der Waals surface area contributed by atoms with Crippen LogP contribution in [0.5, 0.6) is 0 Å². The fourth-order valence-corrected chi connectivity index (χ4v) is 2.72. The molecule has 0 aliphatic carbocycles. The predicted octanol–water partition coefficient (Wildman–Crippen LogP) is 0.695. The van der Waals surface area contributed by atoms with Gasteiger partial charge in [0.15, 0.2) is 12.1 Å². The highest BCUT2D eigenvalue weighted by Crippen LogP contribution is 2.20. The Labute approximate surface area is 142 Å². The molecular formula is C17H24N4O3. The molecule has 0 saturated carbocycles. The van der Waals surface area contributed by atoms with Gasteiger partial charge in [0.25, 0.3) is 5.91 Å². The third-order valence-electron chi connectivity index (χ3n) is 3.95. The largest absolute Gasteiger partial charge is 0.447 e. The maximum absolute atomic E-state index is 12.7. The van der Waals surface area contributed by atoms with Crippen LogP contribution in [0.2, 0.25) is 0 Å². The second kappa shape index (κ2) is 8.50. The minimum absolute atomic E-state index is 0.0914. The van der Waals surface area contributed by atoms with E-state index < -0.39 is 0 Å². The SMILES string of the molecule is C#CCNC(=O)CN1CCCN(C(=O)c2ncoc2C(C)C)CC1. The van der Waals surface area contributed by atoms with E-state index in [0.717, 1.165) is 13.0 Å². The van der Waals surface area contributed by atoms with Crippen molar-refractivity contribution in [1.82, 2.24) is 20.1 Å². The number of carbonyl (C=O) groups excluding carboxylic acids is 2. The topological polar surface area (TPSA) is 78.7 Å². The molecule has 1 aromatic heterocycles. The summed E-state index contributed by atoms with van der Waals surface area (Å²) in [6, 6.07) is 0. The molecule has 0 unspecified atom stereocenters. The van der Waals surface area contributed by atoms with Gasteiger partial charge in [0.05, 0.1) is 13.1 Å². The van der Waals surface area contributed by atoms with Crippen LogP contribution in [0.3, 0.4) is 0 Å². The lowest BCUT2D eigenvalue weighted by molar-refractivity contribution is -0.121. The zero-order valence-electron chi connectivity index (χ0n) is 14.2. The third-order valence-corrected chi connectivity index (χ3v) is 3.95. The number of aromatic nitrogens is 1. The van der Waals surface area contributed by atoms with E-state index in [1.807, 2.05) is 18.7 Å². The van der Waals surface area contributed by atoms with Crippen molar-refractivity contribution in [2.75, 3.05) is 39.3 Å². The second-order valence-electron chi connectivity index (χ2n) is 6.12. The van der Waals surface area contributed by atoms with Crippen LogP contribution in [0.4, 0.5) is 0 Å². The molecule has 1 N–H and O–H groups in total. The van der Waals surface area contributed by atoms with Crippen LogP contribution in [0.25, 0.3) is 0 Å². The lowest BCUT2D eigenvalue weighted by atomic mass is 10.1. The van der Waals surface area contributed by atoms with Gasteiger partial charge < -0.3 is 14.6 Å². The van der Waals surface area contributed by atoms with Gasteiger partial charge in [0.1, 0.15) is 5.76 Å². The van der Waals surface area contributed by atoms with Crippen LogP contribution < -0.4 is 5.32 Å². The van der Waals surface area contributed by atoms with Crippen molar-refractivity contribution in [3.63, 3.8) is 0 Å². The lowest BCUT2D eigenvalue weighted by Crippen LogP contribution is -2.40. The number of oxazole rings is 1. The van der Waals surface area contributed by atoms with Gasteiger partial charge in [0, 0.05) is 32.1 Å². The number of hydrogen-bond acceptors (Lipinski definition) is 5. The van der Waals surface area contributed by atoms with Crippen molar-refractivity contribution in [1.29, 1.82) is 0 Å². The number of nitrogens with one attached hydrogen (secondary N) is 1. The van der Waals surface area contributed by atoms with Crippen molar-refractivity contribution in [3.05, 3.63) is 17.8 Å². The Hall–Kier alpha value is -2.33. The molecule has 0 atom stereocenters. The molecular weight excluding hydrogens is 308 g/mol. The number of amides is 2. The summed E-state index contributed by atoms with van der Waals surface area (Å²) < 4.78 is 5.34. The Morgan fingerprint density at radius 2 is 2.17 bits per heavy atom. The first-order valence-corrected chi connectivity index (χ1v) is 8.18. The van der Waals surface area contributed by atoms with Gasteiger partial charge in [-0.15, -0.1) is 6.42 Å². The highest BCUT2D eigenvalue weighted by atomic mass is 16.3. The van der Waals surface area contributed by atoms with Crippen LogP contribution in [0.15, 0.2) is 10.8 Å². The Kier molecular flexibility index (Phi) is 6.38. The van der Waals surface area contributed by atoms with E-state index in [4.69, 9.17) is 10.8 Å². The first-order chi connectivity index (χ1) is 11.5. The van der Waals surface area contributed by atoms with Crippen molar-refractivity contribution in [2.45, 2.75) is 26.2 Å². The van der Waals surface area contributed by atoms with Crippen molar-refractivity contribution in [2.24, 2.45) is 0 Å². The fourth-order valence-electron chi connectivity index (χ4n) is 2.72. The number of terminal acetylenes is 1. The van der Waals surface area contributed by atoms with Gasteiger partial charge >= 0.3 is 0 Å². The molecule has 1 aliphatic rings. The Balaban J connectivity index is 1.93. The molecule has 2 rings (SSSR count). The van der Waals surface area contributed by atoms with Crippen LogP contribution in [-0.4, -0.2) is 65.9 Å². The molecule has 7 heteroatoms. The van der Waals surface area contributed by atoms with Gasteiger partial charge in [-0.1, -0.05) is 19.8 Å². The predicted molar refractivity (Wildman–Crippen MR) is 89.4 cm³/mol. The van der Waals surface area contributed by atoms with E-state index in [9.17, 15) is 9.59 Å². The maximum Gasteiger partial charge on any atom is 0.276 e. The zero-order chi connectivity index (χ0) is 17.5. The maximum atomic E-state index is 12.7. The average Bonchev–Trinajstić information content (AvgIpc) is 2.94. The normalized spacial score (nSPS) is 15.8. The van der Waals surface area contributed by atoms with E-state index >= 15 is 0 Å². The monoisotopic (exact) mass is 332 g/mol. The first kappa shape index (κ1) is 18.0. The van der Waals surface area contributed by atoms with Crippen molar-refractivity contribution < 1.29 is 14.0 Å². The minimum Gasteiger partial charge on any atom is -0.447 e. The Morgan fingerprint density at radius 3 is 2.88 bits per heavy atom. The number of nitrogens with zero attached hydrogens (tertiary/aromatic N) is 3. The molecule has 24 heavy (non-hydrogen) atoms. The van der Waals surface area contributed by atoms with Gasteiger partial charge in [-0.3, -0.25) is 14.5 Å². The Bertz CT molecular complexity index is 618. The smallest absolute Gasteiger partial charge is 0.276 e. The van der Waals surface area contributed by atoms with Gasteiger partial charge in [-0.05, 0) is 6.42 Å². The lowest BCUT2D eigenvalue weighted by Gasteiger charge is -2.21. The van der Waals surface area contributed by atoms with Gasteiger partial charge in [-0.25, -0.2) is 4.98 Å². The van der Waals surface area contributed by atoms with E-state index in [0.29, 0.717) is 37.6 Å². The minimum atomic E-state index is -0.105. The average molecular weight is 332 g/mol. The standard InChI is InChI=1S/C17H24N4O3/c1-4-6-18-14(22)11-20-7-5-8-21(10-9-20)17(23)15-16(13(2)3)24-12-19-15/h1,12-13H,5-11H2,2-3H3,(H,18,22). The summed E-state index contributed by atoms with van der Waals surface area (Å²) in [5.74, 6) is 2.91. The first-order valence-electron chi connectivity index (χ1n) is 8.18. The van der Waals surface area contributed by atoms with Crippen LogP contribution in [0, 0.1) is 12.3 Å². The Morgan fingerprint density at radius 1 is 1.38 bits per heavy atom. The van der Waals surface area contributed by atoms with Crippen LogP contribution in [-0.2, 0) is 4.79 Å². The summed E-state index contributed by atoms with van der Waals surface area (Å²) in [5, 5.41) is 2.66. The van der Waals surface area contributed by atoms with E-state index in [2.05, 4.69) is 16.2 Å². The number of rotatable bonds is 5. The molecule has 130 valence electrons. The summed E-state index contributed by atoms with van der Waals surface area (Å²) in [4.78, 5) is 32.3. The van der Waals surface area contributed by atoms with Crippen molar-refractivity contribution in [3.8, 4) is 12.3 Å². The molecule has 0 aromatic carbocycles. The molecule has 0 spiro atoms. The zero-order valence-corrected chi connectivity index (χ0v) is 14.2.